The molecule has 2 rings (SSSR count). The lowest BCUT2D eigenvalue weighted by atomic mass is 10.1. The summed E-state index contributed by atoms with van der Waals surface area (Å²) in [6, 6.07) is 0.742. The van der Waals surface area contributed by atoms with Crippen LogP contribution < -0.4 is 5.32 Å². The Balaban J connectivity index is 2.45. The fourth-order valence-electron chi connectivity index (χ4n) is 1.65. The molecule has 1 atom stereocenters. The van der Waals surface area contributed by atoms with E-state index in [0.29, 0.717) is 19.7 Å². The van der Waals surface area contributed by atoms with Crippen LogP contribution in [0.2, 0.25) is 5.02 Å². The average molecular weight is 250 g/mol. The van der Waals surface area contributed by atoms with E-state index in [9.17, 15) is 13.9 Å². The molecule has 1 aromatic carbocycles. The molecule has 1 aromatic rings. The molecule has 0 radical (unpaired) electrons. The van der Waals surface area contributed by atoms with Crippen LogP contribution in [0.4, 0.5) is 8.78 Å². The Morgan fingerprint density at radius 3 is 2.88 bits per heavy atom. The highest BCUT2D eigenvalue weighted by molar-refractivity contribution is 6.30. The Morgan fingerprint density at radius 1 is 1.50 bits per heavy atom. The number of phenols is 1. The third-order valence-electron chi connectivity index (χ3n) is 2.43. The van der Waals surface area contributed by atoms with Crippen molar-refractivity contribution in [2.75, 3.05) is 19.7 Å². The second-order valence-corrected chi connectivity index (χ2v) is 3.89. The molecule has 88 valence electrons. The summed E-state index contributed by atoms with van der Waals surface area (Å²) in [5.41, 5.74) is -0.225. The fraction of sp³-hybridized carbons (Fsp3) is 0.400. The summed E-state index contributed by atoms with van der Waals surface area (Å²) in [4.78, 5) is 0. The monoisotopic (exact) mass is 249 g/mol. The van der Waals surface area contributed by atoms with Crippen LogP contribution in [0.5, 0.6) is 5.75 Å². The van der Waals surface area contributed by atoms with Crippen molar-refractivity contribution in [3.8, 4) is 5.75 Å². The van der Waals surface area contributed by atoms with Gasteiger partial charge in [-0.05, 0) is 6.07 Å². The smallest absolute Gasteiger partial charge is 0.166 e. The Kier molecular flexibility index (Phi) is 3.28. The third kappa shape index (κ3) is 1.98. The molecule has 6 heteroatoms. The van der Waals surface area contributed by atoms with Gasteiger partial charge in [0, 0.05) is 13.1 Å². The number of benzene rings is 1. The zero-order chi connectivity index (χ0) is 11.7. The predicted octanol–water partition coefficient (Wildman–Crippen LogP) is 1.98. The van der Waals surface area contributed by atoms with E-state index in [2.05, 4.69) is 5.32 Å². The average Bonchev–Trinajstić information content (AvgIpc) is 2.28. The van der Waals surface area contributed by atoms with Crippen molar-refractivity contribution in [1.82, 2.24) is 5.32 Å². The first kappa shape index (κ1) is 11.6. The molecular formula is C10H10ClF2NO2. The topological polar surface area (TPSA) is 41.5 Å². The highest BCUT2D eigenvalue weighted by Crippen LogP contribution is 2.35. The summed E-state index contributed by atoms with van der Waals surface area (Å²) in [6.07, 6.45) is -0.720. The van der Waals surface area contributed by atoms with E-state index in [0.717, 1.165) is 6.07 Å². The van der Waals surface area contributed by atoms with Gasteiger partial charge in [-0.1, -0.05) is 11.6 Å². The SMILES string of the molecule is Oc1c(F)cc(Cl)c(F)c1C1CNCCO1. The summed E-state index contributed by atoms with van der Waals surface area (Å²) in [6.45, 7) is 1.32. The number of morpholine rings is 1. The first-order valence-corrected chi connectivity index (χ1v) is 5.17. The lowest BCUT2D eigenvalue weighted by Gasteiger charge is -2.25. The van der Waals surface area contributed by atoms with Crippen LogP contribution in [0.25, 0.3) is 0 Å². The van der Waals surface area contributed by atoms with E-state index in [-0.39, 0.29) is 10.6 Å². The van der Waals surface area contributed by atoms with E-state index in [1.807, 2.05) is 0 Å². The molecule has 0 aliphatic carbocycles. The van der Waals surface area contributed by atoms with Gasteiger partial charge in [0.25, 0.3) is 0 Å². The minimum Gasteiger partial charge on any atom is -0.504 e. The molecular weight excluding hydrogens is 240 g/mol. The molecule has 0 saturated carbocycles. The summed E-state index contributed by atoms with van der Waals surface area (Å²) >= 11 is 5.51. The van der Waals surface area contributed by atoms with Crippen molar-refractivity contribution >= 4 is 11.6 Å². The van der Waals surface area contributed by atoms with Crippen molar-refractivity contribution in [2.45, 2.75) is 6.10 Å². The van der Waals surface area contributed by atoms with Crippen molar-refractivity contribution in [2.24, 2.45) is 0 Å². The van der Waals surface area contributed by atoms with E-state index < -0.39 is 23.5 Å². The molecule has 2 N–H and O–H groups in total. The van der Waals surface area contributed by atoms with E-state index >= 15 is 0 Å². The summed E-state index contributed by atoms with van der Waals surface area (Å²) in [5.74, 6) is -2.53. The van der Waals surface area contributed by atoms with Gasteiger partial charge in [-0.2, -0.15) is 0 Å². The molecule has 0 aromatic heterocycles. The fourth-order valence-corrected chi connectivity index (χ4v) is 1.85. The normalized spacial score (nSPS) is 21.1. The van der Waals surface area contributed by atoms with Crippen molar-refractivity contribution in [3.63, 3.8) is 0 Å². The maximum absolute atomic E-state index is 13.7. The number of phenolic OH excluding ortho intramolecular Hbond substituents is 1. The van der Waals surface area contributed by atoms with Gasteiger partial charge >= 0.3 is 0 Å². The number of hydrogen-bond donors (Lipinski definition) is 2. The number of halogens is 3. The largest absolute Gasteiger partial charge is 0.504 e. The molecule has 0 spiro atoms. The quantitative estimate of drug-likeness (QED) is 0.748. The lowest BCUT2D eigenvalue weighted by molar-refractivity contribution is 0.0237. The molecule has 3 nitrogen and oxygen atoms in total. The number of rotatable bonds is 1. The van der Waals surface area contributed by atoms with Gasteiger partial charge < -0.3 is 15.2 Å². The van der Waals surface area contributed by atoms with Crippen LogP contribution in [0.3, 0.4) is 0 Å². The first-order chi connectivity index (χ1) is 7.61. The molecule has 1 saturated heterocycles. The number of aromatic hydroxyl groups is 1. The van der Waals surface area contributed by atoms with Crippen LogP contribution in [0.15, 0.2) is 6.07 Å². The predicted molar refractivity (Wildman–Crippen MR) is 54.6 cm³/mol. The maximum atomic E-state index is 13.7. The number of hydrogen-bond acceptors (Lipinski definition) is 3. The van der Waals surface area contributed by atoms with Crippen LogP contribution in [0, 0.1) is 11.6 Å². The maximum Gasteiger partial charge on any atom is 0.166 e. The summed E-state index contributed by atoms with van der Waals surface area (Å²) in [5, 5.41) is 12.1. The van der Waals surface area contributed by atoms with Crippen LogP contribution in [-0.4, -0.2) is 24.8 Å². The van der Waals surface area contributed by atoms with Gasteiger partial charge in [0.1, 0.15) is 6.10 Å². The molecule has 1 unspecified atom stereocenters. The highest BCUT2D eigenvalue weighted by atomic mass is 35.5. The molecule has 0 bridgehead atoms. The summed E-state index contributed by atoms with van der Waals surface area (Å²) in [7, 11) is 0. The highest BCUT2D eigenvalue weighted by Gasteiger charge is 2.26. The van der Waals surface area contributed by atoms with Crippen LogP contribution in [0.1, 0.15) is 11.7 Å². The minimum absolute atomic E-state index is 0.225. The minimum atomic E-state index is -0.949. The van der Waals surface area contributed by atoms with Gasteiger partial charge in [0.15, 0.2) is 17.4 Å². The van der Waals surface area contributed by atoms with Gasteiger partial charge in [0.05, 0.1) is 17.2 Å². The Hall–Kier alpha value is -0.910. The van der Waals surface area contributed by atoms with Gasteiger partial charge in [0.2, 0.25) is 0 Å². The Bertz CT molecular complexity index is 382. The molecule has 1 aliphatic rings. The van der Waals surface area contributed by atoms with Crippen molar-refractivity contribution in [1.29, 1.82) is 0 Å². The molecule has 16 heavy (non-hydrogen) atoms. The Morgan fingerprint density at radius 2 is 2.25 bits per heavy atom. The molecule has 0 amide bonds. The number of nitrogens with one attached hydrogen (secondary N) is 1. The van der Waals surface area contributed by atoms with Crippen molar-refractivity contribution in [3.05, 3.63) is 28.3 Å². The standard InChI is InChI=1S/C10H10ClF2NO2/c11-5-3-6(12)10(15)8(9(5)13)7-4-14-1-2-16-7/h3,7,14-15H,1-2,4H2. The Labute approximate surface area is 96.0 Å². The van der Waals surface area contributed by atoms with E-state index in [1.165, 1.54) is 0 Å². The second-order valence-electron chi connectivity index (χ2n) is 3.48. The zero-order valence-electron chi connectivity index (χ0n) is 8.27. The second kappa shape index (κ2) is 4.53. The van der Waals surface area contributed by atoms with Gasteiger partial charge in [-0.15, -0.1) is 0 Å². The third-order valence-corrected chi connectivity index (χ3v) is 2.71. The van der Waals surface area contributed by atoms with E-state index in [4.69, 9.17) is 16.3 Å². The lowest BCUT2D eigenvalue weighted by Crippen LogP contribution is -2.33. The number of ether oxygens (including phenoxy) is 1. The van der Waals surface area contributed by atoms with Gasteiger partial charge in [-0.3, -0.25) is 0 Å². The molecule has 1 heterocycles. The first-order valence-electron chi connectivity index (χ1n) is 4.80. The molecule has 1 fully saturated rings. The van der Waals surface area contributed by atoms with E-state index in [1.54, 1.807) is 0 Å². The zero-order valence-corrected chi connectivity index (χ0v) is 9.02. The summed E-state index contributed by atoms with van der Waals surface area (Å²) < 4.78 is 32.1. The van der Waals surface area contributed by atoms with Crippen LogP contribution in [-0.2, 0) is 4.74 Å². The van der Waals surface area contributed by atoms with Gasteiger partial charge in [-0.25, -0.2) is 8.78 Å². The van der Waals surface area contributed by atoms with Crippen molar-refractivity contribution < 1.29 is 18.6 Å². The molecule has 1 aliphatic heterocycles. The van der Waals surface area contributed by atoms with Crippen LogP contribution >= 0.6 is 11.6 Å².